The minimum Gasteiger partial charge on any atom is -0.314 e. The van der Waals surface area contributed by atoms with Gasteiger partial charge in [0, 0.05) is 30.1 Å². The third-order valence-electron chi connectivity index (χ3n) is 5.22. The monoisotopic (exact) mass is 400 g/mol. The Balaban J connectivity index is 1.65. The number of benzene rings is 2. The van der Waals surface area contributed by atoms with E-state index in [1.54, 1.807) is 24.5 Å². The summed E-state index contributed by atoms with van der Waals surface area (Å²) in [6.45, 7) is 3.02. The Hall–Kier alpha value is -3.31. The Labute approximate surface area is 176 Å². The maximum atomic E-state index is 13.4. The molecule has 152 valence electrons. The maximum Gasteiger partial charge on any atom is 0.123 e. The smallest absolute Gasteiger partial charge is 0.123 e. The van der Waals surface area contributed by atoms with Crippen molar-refractivity contribution in [3.8, 4) is 22.5 Å². The summed E-state index contributed by atoms with van der Waals surface area (Å²) in [6, 6.07) is 20.9. The van der Waals surface area contributed by atoms with Crippen molar-refractivity contribution in [2.45, 2.75) is 25.9 Å². The fourth-order valence-electron chi connectivity index (χ4n) is 3.68. The van der Waals surface area contributed by atoms with Crippen LogP contribution in [0.1, 0.15) is 25.1 Å². The van der Waals surface area contributed by atoms with Crippen LogP contribution in [0.3, 0.4) is 0 Å². The molecule has 30 heavy (non-hydrogen) atoms. The second-order valence-electron chi connectivity index (χ2n) is 7.21. The summed E-state index contributed by atoms with van der Waals surface area (Å²) in [5.41, 5.74) is 5.07. The van der Waals surface area contributed by atoms with E-state index in [2.05, 4.69) is 46.1 Å². The average Bonchev–Trinajstić information content (AvgIpc) is 3.23. The molecular formula is C25H25FN4. The minimum atomic E-state index is -0.252. The highest BCUT2D eigenvalue weighted by Crippen LogP contribution is 2.33. The topological polar surface area (TPSA) is 42.7 Å². The molecule has 4 rings (SSSR count). The van der Waals surface area contributed by atoms with Crippen LogP contribution in [-0.2, 0) is 6.42 Å². The van der Waals surface area contributed by atoms with Crippen molar-refractivity contribution in [3.05, 3.63) is 96.8 Å². The molecule has 4 nitrogen and oxygen atoms in total. The third kappa shape index (κ3) is 4.47. The molecule has 0 aliphatic heterocycles. The van der Waals surface area contributed by atoms with Crippen molar-refractivity contribution in [2.75, 3.05) is 6.54 Å². The van der Waals surface area contributed by atoms with E-state index in [-0.39, 0.29) is 12.0 Å². The van der Waals surface area contributed by atoms with E-state index in [9.17, 15) is 4.39 Å². The van der Waals surface area contributed by atoms with Crippen LogP contribution in [0.15, 0.2) is 85.5 Å². The molecule has 1 N–H and O–H groups in total. The van der Waals surface area contributed by atoms with Crippen LogP contribution in [0.5, 0.6) is 0 Å². The summed E-state index contributed by atoms with van der Waals surface area (Å²) < 4.78 is 15.6. The van der Waals surface area contributed by atoms with E-state index in [4.69, 9.17) is 4.98 Å². The molecule has 0 fully saturated rings. The van der Waals surface area contributed by atoms with E-state index in [0.29, 0.717) is 0 Å². The van der Waals surface area contributed by atoms with Crippen molar-refractivity contribution in [1.29, 1.82) is 0 Å². The lowest BCUT2D eigenvalue weighted by atomic mass is 10.1. The molecule has 2 aromatic heterocycles. The maximum absolute atomic E-state index is 13.4. The molecule has 2 aromatic carbocycles. The highest BCUT2D eigenvalue weighted by atomic mass is 19.1. The SMILES string of the molecule is CCC(NCCc1ccccc1)n1cnc(-c2ccc(F)cc2)c1-c1ccncc1. The lowest BCUT2D eigenvalue weighted by Gasteiger charge is -2.22. The number of rotatable bonds is 8. The zero-order valence-electron chi connectivity index (χ0n) is 17.0. The largest absolute Gasteiger partial charge is 0.314 e. The standard InChI is InChI=1S/C25H25FN4/c1-2-23(28-17-12-19-6-4-3-5-7-19)30-18-29-24(20-8-10-22(26)11-9-20)25(30)21-13-15-27-16-14-21/h3-11,13-16,18,23,28H,2,12,17H2,1H3. The summed E-state index contributed by atoms with van der Waals surface area (Å²) in [7, 11) is 0. The minimum absolute atomic E-state index is 0.0959. The van der Waals surface area contributed by atoms with Crippen molar-refractivity contribution in [1.82, 2.24) is 19.9 Å². The fraction of sp³-hybridized carbons (Fsp3) is 0.200. The Bertz CT molecular complexity index is 1060. The number of hydrogen-bond acceptors (Lipinski definition) is 3. The van der Waals surface area contributed by atoms with Gasteiger partial charge in [0.25, 0.3) is 0 Å². The fourth-order valence-corrected chi connectivity index (χ4v) is 3.68. The van der Waals surface area contributed by atoms with Gasteiger partial charge in [-0.2, -0.15) is 0 Å². The van der Waals surface area contributed by atoms with E-state index < -0.39 is 0 Å². The first kappa shape index (κ1) is 20.0. The lowest BCUT2D eigenvalue weighted by Crippen LogP contribution is -2.28. The zero-order chi connectivity index (χ0) is 20.8. The van der Waals surface area contributed by atoms with E-state index in [1.807, 2.05) is 24.5 Å². The molecule has 0 amide bonds. The lowest BCUT2D eigenvalue weighted by molar-refractivity contribution is 0.397. The van der Waals surface area contributed by atoms with Gasteiger partial charge in [0.15, 0.2) is 0 Å². The quantitative estimate of drug-likeness (QED) is 0.425. The van der Waals surface area contributed by atoms with Crippen LogP contribution < -0.4 is 5.32 Å². The number of nitrogens with zero attached hydrogens (tertiary/aromatic N) is 3. The number of aromatic nitrogens is 3. The van der Waals surface area contributed by atoms with Crippen LogP contribution in [0.25, 0.3) is 22.5 Å². The Morgan fingerprint density at radius 1 is 0.933 bits per heavy atom. The van der Waals surface area contributed by atoms with Gasteiger partial charge in [0.05, 0.1) is 23.9 Å². The van der Waals surface area contributed by atoms with Gasteiger partial charge in [-0.3, -0.25) is 10.3 Å². The van der Waals surface area contributed by atoms with Gasteiger partial charge in [-0.25, -0.2) is 9.37 Å². The Morgan fingerprint density at radius 3 is 2.37 bits per heavy atom. The van der Waals surface area contributed by atoms with Crippen LogP contribution in [0, 0.1) is 5.82 Å². The first-order valence-electron chi connectivity index (χ1n) is 10.3. The molecule has 2 heterocycles. The summed E-state index contributed by atoms with van der Waals surface area (Å²) in [5.74, 6) is -0.252. The van der Waals surface area contributed by atoms with Gasteiger partial charge in [-0.1, -0.05) is 37.3 Å². The van der Waals surface area contributed by atoms with Crippen molar-refractivity contribution >= 4 is 0 Å². The van der Waals surface area contributed by atoms with Crippen molar-refractivity contribution < 1.29 is 4.39 Å². The Morgan fingerprint density at radius 2 is 1.67 bits per heavy atom. The van der Waals surface area contributed by atoms with Crippen LogP contribution >= 0.6 is 0 Å². The van der Waals surface area contributed by atoms with Gasteiger partial charge < -0.3 is 4.57 Å². The molecular weight excluding hydrogens is 375 g/mol. The number of hydrogen-bond donors (Lipinski definition) is 1. The second kappa shape index (κ2) is 9.46. The zero-order valence-corrected chi connectivity index (χ0v) is 17.0. The molecule has 0 aliphatic rings. The van der Waals surface area contributed by atoms with Gasteiger partial charge in [-0.15, -0.1) is 0 Å². The molecule has 4 aromatic rings. The molecule has 0 spiro atoms. The number of pyridine rings is 1. The first-order valence-corrected chi connectivity index (χ1v) is 10.3. The van der Waals surface area contributed by atoms with Crippen LogP contribution in [0.4, 0.5) is 4.39 Å². The molecule has 0 radical (unpaired) electrons. The molecule has 1 atom stereocenters. The van der Waals surface area contributed by atoms with Crippen LogP contribution in [-0.4, -0.2) is 21.1 Å². The van der Waals surface area contributed by atoms with Crippen molar-refractivity contribution in [3.63, 3.8) is 0 Å². The number of nitrogens with one attached hydrogen (secondary N) is 1. The van der Waals surface area contributed by atoms with E-state index >= 15 is 0 Å². The van der Waals surface area contributed by atoms with E-state index in [1.165, 1.54) is 17.7 Å². The highest BCUT2D eigenvalue weighted by Gasteiger charge is 2.19. The molecule has 5 heteroatoms. The number of imidazole rings is 1. The normalized spacial score (nSPS) is 12.1. The van der Waals surface area contributed by atoms with Crippen LogP contribution in [0.2, 0.25) is 0 Å². The molecule has 0 aliphatic carbocycles. The number of halogens is 1. The van der Waals surface area contributed by atoms with E-state index in [0.717, 1.165) is 41.9 Å². The molecule has 1 unspecified atom stereocenters. The molecule has 0 saturated heterocycles. The Kier molecular flexibility index (Phi) is 6.30. The summed E-state index contributed by atoms with van der Waals surface area (Å²) in [5, 5.41) is 3.67. The van der Waals surface area contributed by atoms with Gasteiger partial charge >= 0.3 is 0 Å². The van der Waals surface area contributed by atoms with Gasteiger partial charge in [-0.05, 0) is 54.8 Å². The molecule has 0 bridgehead atoms. The van der Waals surface area contributed by atoms with Gasteiger partial charge in [0.2, 0.25) is 0 Å². The average molecular weight is 401 g/mol. The van der Waals surface area contributed by atoms with Gasteiger partial charge in [0.1, 0.15) is 5.82 Å². The predicted molar refractivity (Wildman–Crippen MR) is 118 cm³/mol. The third-order valence-corrected chi connectivity index (χ3v) is 5.22. The predicted octanol–water partition coefficient (Wildman–Crippen LogP) is 5.49. The second-order valence-corrected chi connectivity index (χ2v) is 7.21. The highest BCUT2D eigenvalue weighted by molar-refractivity contribution is 5.78. The summed E-state index contributed by atoms with van der Waals surface area (Å²) in [6.07, 6.45) is 7.40. The summed E-state index contributed by atoms with van der Waals surface area (Å²) in [4.78, 5) is 8.86. The first-order chi connectivity index (χ1) is 14.8. The van der Waals surface area contributed by atoms with Crippen molar-refractivity contribution in [2.24, 2.45) is 0 Å². The molecule has 0 saturated carbocycles. The summed E-state index contributed by atoms with van der Waals surface area (Å²) >= 11 is 0.